The molecule has 3 unspecified atom stereocenters. The highest BCUT2D eigenvalue weighted by molar-refractivity contribution is 6.81. The van der Waals surface area contributed by atoms with Crippen LogP contribution in [-0.2, 0) is 14.3 Å². The number of likely N-dealkylation sites (N-methyl/N-ethyl adjacent to an activating group) is 1. The molecule has 0 rings (SSSR count). The van der Waals surface area contributed by atoms with E-state index in [0.717, 1.165) is 0 Å². The minimum atomic E-state index is -1.89. The molecule has 1 amide bonds. The molecule has 3 N–H and O–H groups in total. The predicted octanol–water partition coefficient (Wildman–Crippen LogP) is 3.44. The maximum absolute atomic E-state index is 12.5. The van der Waals surface area contributed by atoms with E-state index in [0.29, 0.717) is 19.6 Å². The van der Waals surface area contributed by atoms with Gasteiger partial charge in [0.2, 0.25) is 0 Å². The van der Waals surface area contributed by atoms with Gasteiger partial charge in [-0.25, -0.2) is 0 Å². The van der Waals surface area contributed by atoms with Gasteiger partial charge in [0.1, 0.15) is 6.10 Å². The molecule has 0 aliphatic heterocycles. The predicted molar refractivity (Wildman–Crippen MR) is 141 cm³/mol. The Bertz CT molecular complexity index is 586. The van der Waals surface area contributed by atoms with Crippen molar-refractivity contribution in [3.05, 3.63) is 0 Å². The molecule has 0 aromatic carbocycles. The van der Waals surface area contributed by atoms with E-state index in [-0.39, 0.29) is 53.7 Å². The Morgan fingerprint density at radius 3 is 1.61 bits per heavy atom. The topological polar surface area (TPSA) is 99.5 Å². The van der Waals surface area contributed by atoms with Crippen LogP contribution >= 0.6 is 0 Å². The second kappa shape index (κ2) is 13.1. The standard InChI is InChI=1S/C24H53NO6Si2/c1-23(2,3)32(8,9)20(17-26)30-15-12-14-25(7)22(29)19(28)13-16-31-21(18-27)33(10,11)24(4,5)6/h19-21,26-28H,12-18H2,1-11H3. The fraction of sp³-hybridized carbons (Fsp3) is 0.958. The zero-order valence-corrected chi connectivity index (χ0v) is 25.2. The van der Waals surface area contributed by atoms with E-state index < -0.39 is 22.3 Å². The first-order valence-electron chi connectivity index (χ1n) is 12.2. The van der Waals surface area contributed by atoms with Crippen molar-refractivity contribution in [3.63, 3.8) is 0 Å². The highest BCUT2D eigenvalue weighted by Gasteiger charge is 2.43. The van der Waals surface area contributed by atoms with Gasteiger partial charge in [-0.05, 0) is 16.5 Å². The number of hydrogen-bond donors (Lipinski definition) is 3. The molecule has 33 heavy (non-hydrogen) atoms. The van der Waals surface area contributed by atoms with Gasteiger partial charge in [-0.15, -0.1) is 0 Å². The number of aliphatic hydroxyl groups is 3. The summed E-state index contributed by atoms with van der Waals surface area (Å²) in [6, 6.07) is 0. The Hall–Kier alpha value is -0.296. The molecule has 0 saturated heterocycles. The van der Waals surface area contributed by atoms with Crippen LogP contribution in [0.4, 0.5) is 0 Å². The van der Waals surface area contributed by atoms with E-state index in [4.69, 9.17) is 9.47 Å². The van der Waals surface area contributed by atoms with E-state index in [1.165, 1.54) is 4.90 Å². The van der Waals surface area contributed by atoms with Gasteiger partial charge in [0, 0.05) is 33.2 Å². The summed E-state index contributed by atoms with van der Waals surface area (Å²) in [6.45, 7) is 23.0. The number of ether oxygens (including phenoxy) is 2. The van der Waals surface area contributed by atoms with Crippen LogP contribution in [0.1, 0.15) is 54.4 Å². The number of carbonyl (C=O) groups is 1. The Labute approximate surface area is 204 Å². The van der Waals surface area contributed by atoms with Crippen LogP contribution < -0.4 is 0 Å². The van der Waals surface area contributed by atoms with Crippen LogP contribution in [0.15, 0.2) is 0 Å². The molecule has 9 heteroatoms. The van der Waals surface area contributed by atoms with Crippen molar-refractivity contribution in [3.8, 4) is 0 Å². The lowest BCUT2D eigenvalue weighted by molar-refractivity contribution is -0.140. The molecule has 7 nitrogen and oxygen atoms in total. The SMILES string of the molecule is CN(CCCOC(CO)[Si](C)(C)C(C)(C)C)C(=O)C(O)CCOC(CO)[Si](C)(C)C(C)(C)C. The summed E-state index contributed by atoms with van der Waals surface area (Å²) in [7, 11) is -2.04. The fourth-order valence-corrected chi connectivity index (χ4v) is 7.20. The molecular formula is C24H53NO6Si2. The molecule has 0 aromatic heterocycles. The molecular weight excluding hydrogens is 454 g/mol. The summed E-state index contributed by atoms with van der Waals surface area (Å²) in [6.07, 6.45) is -0.302. The van der Waals surface area contributed by atoms with Crippen molar-refractivity contribution in [2.24, 2.45) is 0 Å². The molecule has 198 valence electrons. The van der Waals surface area contributed by atoms with Gasteiger partial charge < -0.3 is 29.7 Å². The molecule has 0 spiro atoms. The third-order valence-corrected chi connectivity index (χ3v) is 19.8. The number of hydrogen-bond acceptors (Lipinski definition) is 6. The number of carbonyl (C=O) groups excluding carboxylic acids is 1. The van der Waals surface area contributed by atoms with E-state index in [1.807, 2.05) is 0 Å². The number of rotatable bonds is 14. The van der Waals surface area contributed by atoms with Gasteiger partial charge in [-0.2, -0.15) is 0 Å². The van der Waals surface area contributed by atoms with Crippen LogP contribution in [0.5, 0.6) is 0 Å². The van der Waals surface area contributed by atoms with E-state index in [1.54, 1.807) is 7.05 Å². The average molecular weight is 508 g/mol. The molecule has 3 atom stereocenters. The fourth-order valence-electron chi connectivity index (χ4n) is 3.28. The first kappa shape index (κ1) is 32.7. The van der Waals surface area contributed by atoms with Crippen molar-refractivity contribution in [1.82, 2.24) is 4.90 Å². The van der Waals surface area contributed by atoms with Gasteiger partial charge in [-0.3, -0.25) is 4.79 Å². The maximum Gasteiger partial charge on any atom is 0.251 e. The van der Waals surface area contributed by atoms with Crippen LogP contribution in [0.25, 0.3) is 0 Å². The van der Waals surface area contributed by atoms with Crippen LogP contribution in [0.2, 0.25) is 36.3 Å². The molecule has 0 fully saturated rings. The van der Waals surface area contributed by atoms with E-state index in [9.17, 15) is 20.1 Å². The zero-order chi connectivity index (χ0) is 26.3. The van der Waals surface area contributed by atoms with Gasteiger partial charge in [0.15, 0.2) is 0 Å². The average Bonchev–Trinajstić information content (AvgIpc) is 2.68. The van der Waals surface area contributed by atoms with Crippen LogP contribution in [-0.4, -0.2) is 99.9 Å². The van der Waals surface area contributed by atoms with E-state index >= 15 is 0 Å². The van der Waals surface area contributed by atoms with Crippen molar-refractivity contribution in [1.29, 1.82) is 0 Å². The Kier molecular flexibility index (Phi) is 13.0. The number of amides is 1. The second-order valence-corrected chi connectivity index (χ2v) is 23.6. The van der Waals surface area contributed by atoms with Crippen molar-refractivity contribution < 1.29 is 29.6 Å². The Balaban J connectivity index is 4.55. The smallest absolute Gasteiger partial charge is 0.251 e. The van der Waals surface area contributed by atoms with Crippen molar-refractivity contribution in [2.45, 2.75) is 108 Å². The zero-order valence-electron chi connectivity index (χ0n) is 23.2. The third-order valence-electron chi connectivity index (χ3n) is 8.14. The largest absolute Gasteiger partial charge is 0.394 e. The summed E-state index contributed by atoms with van der Waals surface area (Å²) >= 11 is 0. The Morgan fingerprint density at radius 1 is 0.848 bits per heavy atom. The first-order chi connectivity index (χ1) is 14.8. The summed E-state index contributed by atoms with van der Waals surface area (Å²) in [5.41, 5.74) is -0.392. The van der Waals surface area contributed by atoms with Crippen molar-refractivity contribution in [2.75, 3.05) is 40.0 Å². The van der Waals surface area contributed by atoms with Gasteiger partial charge in [0.05, 0.1) is 40.8 Å². The van der Waals surface area contributed by atoms with Gasteiger partial charge in [-0.1, -0.05) is 67.7 Å². The summed E-state index contributed by atoms with van der Waals surface area (Å²) in [5.74, 6) is -0.338. The van der Waals surface area contributed by atoms with E-state index in [2.05, 4.69) is 67.7 Å². The Morgan fingerprint density at radius 2 is 1.24 bits per heavy atom. The van der Waals surface area contributed by atoms with Crippen LogP contribution in [0, 0.1) is 0 Å². The van der Waals surface area contributed by atoms with Crippen molar-refractivity contribution >= 4 is 22.1 Å². The lowest BCUT2D eigenvalue weighted by atomic mass is 10.2. The first-order valence-corrected chi connectivity index (χ1v) is 18.4. The van der Waals surface area contributed by atoms with Crippen LogP contribution in [0.3, 0.4) is 0 Å². The molecule has 0 aliphatic rings. The second-order valence-electron chi connectivity index (χ2n) is 12.4. The molecule has 0 aromatic rings. The lowest BCUT2D eigenvalue weighted by Crippen LogP contribution is -2.52. The minimum Gasteiger partial charge on any atom is -0.394 e. The molecule has 0 saturated carbocycles. The molecule has 0 radical (unpaired) electrons. The number of nitrogens with zero attached hydrogens (tertiary/aromatic N) is 1. The van der Waals surface area contributed by atoms with Gasteiger partial charge in [0.25, 0.3) is 5.91 Å². The highest BCUT2D eigenvalue weighted by atomic mass is 28.3. The third kappa shape index (κ3) is 9.35. The maximum atomic E-state index is 12.5. The highest BCUT2D eigenvalue weighted by Crippen LogP contribution is 2.40. The monoisotopic (exact) mass is 507 g/mol. The molecule has 0 bridgehead atoms. The molecule has 0 aliphatic carbocycles. The quantitative estimate of drug-likeness (QED) is 0.246. The van der Waals surface area contributed by atoms with Gasteiger partial charge >= 0.3 is 0 Å². The summed E-state index contributed by atoms with van der Waals surface area (Å²) < 4.78 is 11.9. The minimum absolute atomic E-state index is 0.00763. The number of aliphatic hydroxyl groups excluding tert-OH is 3. The molecule has 0 heterocycles. The normalized spacial score (nSPS) is 16.4. The summed E-state index contributed by atoms with van der Waals surface area (Å²) in [5, 5.41) is 30.1. The lowest BCUT2D eigenvalue weighted by Gasteiger charge is -2.42. The summed E-state index contributed by atoms with van der Waals surface area (Å²) in [4.78, 5) is 14.0.